The topological polar surface area (TPSA) is 89.0 Å². The zero-order valence-electron chi connectivity index (χ0n) is 20.6. The fourth-order valence-corrected chi connectivity index (χ4v) is 4.62. The molecule has 2 heterocycles. The van der Waals surface area contributed by atoms with E-state index in [1.54, 1.807) is 7.11 Å². The van der Waals surface area contributed by atoms with Crippen LogP contribution in [0.5, 0.6) is 0 Å². The van der Waals surface area contributed by atoms with Gasteiger partial charge in [0.25, 0.3) is 11.5 Å². The molecule has 1 unspecified atom stereocenters. The minimum absolute atomic E-state index is 0.129. The molecule has 0 saturated carbocycles. The number of carbonyl (C=O) groups is 1. The third kappa shape index (κ3) is 5.22. The van der Waals surface area contributed by atoms with E-state index in [-0.39, 0.29) is 29.6 Å². The van der Waals surface area contributed by atoms with E-state index in [9.17, 15) is 9.59 Å². The molecule has 2 N–H and O–H groups in total. The normalized spacial score (nSPS) is 11.9. The van der Waals surface area contributed by atoms with Crippen molar-refractivity contribution in [3.8, 4) is 11.3 Å². The van der Waals surface area contributed by atoms with E-state index in [4.69, 9.17) is 4.74 Å². The van der Waals surface area contributed by atoms with Gasteiger partial charge in [-0.15, -0.1) is 0 Å². The summed E-state index contributed by atoms with van der Waals surface area (Å²) in [6.45, 7) is 0.958. The van der Waals surface area contributed by atoms with E-state index in [1.807, 2.05) is 48.5 Å². The number of nitrogens with one attached hydrogen (secondary N) is 2. The number of methoxy groups -OCH3 is 1. The third-order valence-electron chi connectivity index (χ3n) is 6.43. The number of rotatable bonds is 9. The predicted octanol–water partition coefficient (Wildman–Crippen LogP) is 4.60. The summed E-state index contributed by atoms with van der Waals surface area (Å²) in [6.07, 6.45) is 0. The molecule has 37 heavy (non-hydrogen) atoms. The van der Waals surface area contributed by atoms with Gasteiger partial charge >= 0.3 is 0 Å². The number of aromatic amines is 1. The molecule has 1 atom stereocenters. The molecule has 7 nitrogen and oxygen atoms in total. The molecule has 5 aromatic rings. The SMILES string of the molecule is COCCn1nc(C(=O)NCC(c2ccccc2)c2c(-c3ccccc3)[nH]c3ccccc23)ccc1=O. The number of fused-ring (bicyclic) bond motifs is 1. The monoisotopic (exact) mass is 492 g/mol. The van der Waals surface area contributed by atoms with Gasteiger partial charge in [-0.25, -0.2) is 4.68 Å². The highest BCUT2D eigenvalue weighted by molar-refractivity contribution is 5.93. The van der Waals surface area contributed by atoms with Gasteiger partial charge in [-0.2, -0.15) is 5.10 Å². The van der Waals surface area contributed by atoms with Crippen LogP contribution in [0.1, 0.15) is 27.5 Å². The Kier molecular flexibility index (Phi) is 7.23. The Morgan fingerprint density at radius 3 is 2.41 bits per heavy atom. The molecule has 0 saturated heterocycles. The Morgan fingerprint density at radius 2 is 1.65 bits per heavy atom. The summed E-state index contributed by atoms with van der Waals surface area (Å²) in [6, 6.07) is 31.4. The molecule has 0 aliphatic heterocycles. The first kappa shape index (κ1) is 24.2. The van der Waals surface area contributed by atoms with Gasteiger partial charge in [0, 0.05) is 36.5 Å². The highest BCUT2D eigenvalue weighted by Gasteiger charge is 2.24. The molecule has 186 valence electrons. The minimum Gasteiger partial charge on any atom is -0.383 e. The molecule has 3 aromatic carbocycles. The number of hydrogen-bond donors (Lipinski definition) is 2. The standard InChI is InChI=1S/C30H28N4O3/c1-37-19-18-34-27(35)17-16-26(33-34)30(36)31-20-24(21-10-4-2-5-11-21)28-23-14-8-9-15-25(23)32-29(28)22-12-6-3-7-13-22/h2-17,24,32H,18-20H2,1H3,(H,31,36). The molecule has 0 spiro atoms. The van der Waals surface area contributed by atoms with Gasteiger partial charge in [0.15, 0.2) is 0 Å². The lowest BCUT2D eigenvalue weighted by Crippen LogP contribution is -2.33. The number of nitrogens with zero attached hydrogens (tertiary/aromatic N) is 2. The molecule has 7 heteroatoms. The van der Waals surface area contributed by atoms with Crippen LogP contribution in [0.2, 0.25) is 0 Å². The van der Waals surface area contributed by atoms with Crippen LogP contribution in [0.25, 0.3) is 22.2 Å². The van der Waals surface area contributed by atoms with E-state index in [0.717, 1.165) is 33.3 Å². The lowest BCUT2D eigenvalue weighted by molar-refractivity contribution is 0.0943. The van der Waals surface area contributed by atoms with Crippen LogP contribution < -0.4 is 10.9 Å². The highest BCUT2D eigenvalue weighted by atomic mass is 16.5. The smallest absolute Gasteiger partial charge is 0.271 e. The van der Waals surface area contributed by atoms with Crippen molar-refractivity contribution in [2.45, 2.75) is 12.5 Å². The number of amides is 1. The van der Waals surface area contributed by atoms with Crippen molar-refractivity contribution in [2.75, 3.05) is 20.3 Å². The van der Waals surface area contributed by atoms with Gasteiger partial charge < -0.3 is 15.0 Å². The van der Waals surface area contributed by atoms with E-state index < -0.39 is 0 Å². The van der Waals surface area contributed by atoms with E-state index >= 15 is 0 Å². The summed E-state index contributed by atoms with van der Waals surface area (Å²) >= 11 is 0. The molecule has 0 fully saturated rings. The van der Waals surface area contributed by atoms with Crippen LogP contribution in [-0.4, -0.2) is 40.9 Å². The van der Waals surface area contributed by atoms with E-state index in [2.05, 4.69) is 51.8 Å². The minimum atomic E-state index is -0.340. The zero-order valence-corrected chi connectivity index (χ0v) is 20.6. The van der Waals surface area contributed by atoms with Crippen LogP contribution >= 0.6 is 0 Å². The van der Waals surface area contributed by atoms with Crippen molar-refractivity contribution >= 4 is 16.8 Å². The second-order valence-corrected chi connectivity index (χ2v) is 8.77. The maximum absolute atomic E-state index is 13.2. The highest BCUT2D eigenvalue weighted by Crippen LogP contribution is 2.38. The van der Waals surface area contributed by atoms with Gasteiger partial charge in [0.05, 0.1) is 18.8 Å². The maximum atomic E-state index is 13.2. The fourth-order valence-electron chi connectivity index (χ4n) is 4.62. The van der Waals surface area contributed by atoms with Gasteiger partial charge in [-0.1, -0.05) is 78.9 Å². The average Bonchev–Trinajstić information content (AvgIpc) is 3.33. The first-order valence-corrected chi connectivity index (χ1v) is 12.2. The van der Waals surface area contributed by atoms with Crippen LogP contribution in [0.3, 0.4) is 0 Å². The van der Waals surface area contributed by atoms with Gasteiger partial charge in [0.1, 0.15) is 5.69 Å². The molecule has 0 radical (unpaired) electrons. The van der Waals surface area contributed by atoms with Crippen molar-refractivity contribution in [3.05, 3.63) is 124 Å². The summed E-state index contributed by atoms with van der Waals surface area (Å²) < 4.78 is 6.30. The van der Waals surface area contributed by atoms with Crippen LogP contribution in [0, 0.1) is 0 Å². The first-order chi connectivity index (χ1) is 18.2. The van der Waals surface area contributed by atoms with Crippen LogP contribution in [0.4, 0.5) is 0 Å². The van der Waals surface area contributed by atoms with Crippen LogP contribution in [-0.2, 0) is 11.3 Å². The number of ether oxygens (including phenoxy) is 1. The Bertz CT molecular complexity index is 1560. The summed E-state index contributed by atoms with van der Waals surface area (Å²) in [5.74, 6) is -0.468. The molecule has 5 rings (SSSR count). The summed E-state index contributed by atoms with van der Waals surface area (Å²) in [7, 11) is 1.56. The van der Waals surface area contributed by atoms with Crippen molar-refractivity contribution in [1.29, 1.82) is 0 Å². The third-order valence-corrected chi connectivity index (χ3v) is 6.43. The molecule has 1 amide bonds. The molecule has 2 aromatic heterocycles. The number of aromatic nitrogens is 3. The summed E-state index contributed by atoms with van der Waals surface area (Å²) in [5, 5.41) is 8.42. The van der Waals surface area contributed by atoms with Gasteiger partial charge in [-0.3, -0.25) is 9.59 Å². The number of hydrogen-bond acceptors (Lipinski definition) is 4. The number of benzene rings is 3. The maximum Gasteiger partial charge on any atom is 0.271 e. The predicted molar refractivity (Wildman–Crippen MR) is 145 cm³/mol. The average molecular weight is 493 g/mol. The summed E-state index contributed by atoms with van der Waals surface area (Å²) in [5.41, 5.74) is 5.25. The Labute approximate surface area is 214 Å². The second-order valence-electron chi connectivity index (χ2n) is 8.77. The molecular formula is C30H28N4O3. The molecule has 0 bridgehead atoms. The fraction of sp³-hybridized carbons (Fsp3) is 0.167. The van der Waals surface area contributed by atoms with E-state index in [1.165, 1.54) is 16.8 Å². The van der Waals surface area contributed by atoms with Crippen molar-refractivity contribution < 1.29 is 9.53 Å². The summed E-state index contributed by atoms with van der Waals surface area (Å²) in [4.78, 5) is 28.9. The Morgan fingerprint density at radius 1 is 0.946 bits per heavy atom. The number of para-hydroxylation sites is 1. The largest absolute Gasteiger partial charge is 0.383 e. The van der Waals surface area contributed by atoms with Crippen molar-refractivity contribution in [3.63, 3.8) is 0 Å². The Balaban J connectivity index is 1.53. The molecular weight excluding hydrogens is 464 g/mol. The quantitative estimate of drug-likeness (QED) is 0.315. The lowest BCUT2D eigenvalue weighted by atomic mass is 9.87. The van der Waals surface area contributed by atoms with Gasteiger partial charge in [-0.05, 0) is 28.8 Å². The van der Waals surface area contributed by atoms with Crippen molar-refractivity contribution in [1.82, 2.24) is 20.1 Å². The second kappa shape index (κ2) is 11.1. The lowest BCUT2D eigenvalue weighted by Gasteiger charge is -2.20. The van der Waals surface area contributed by atoms with Gasteiger partial charge in [0.2, 0.25) is 0 Å². The molecule has 0 aliphatic carbocycles. The first-order valence-electron chi connectivity index (χ1n) is 12.2. The number of H-pyrrole nitrogens is 1. The number of carbonyl (C=O) groups excluding carboxylic acids is 1. The molecule has 0 aliphatic rings. The Hall–Kier alpha value is -4.49. The van der Waals surface area contributed by atoms with E-state index in [0.29, 0.717) is 13.2 Å². The zero-order chi connectivity index (χ0) is 25.6. The van der Waals surface area contributed by atoms with Crippen LogP contribution in [0.15, 0.2) is 102 Å². The van der Waals surface area contributed by atoms with Crippen molar-refractivity contribution in [2.24, 2.45) is 0 Å².